The van der Waals surface area contributed by atoms with Gasteiger partial charge >= 0.3 is 0 Å². The maximum atomic E-state index is 12.5. The Hall–Kier alpha value is -2.53. The summed E-state index contributed by atoms with van der Waals surface area (Å²) in [6.45, 7) is 12.5. The van der Waals surface area contributed by atoms with E-state index in [1.807, 2.05) is 24.3 Å². The van der Waals surface area contributed by atoms with Crippen LogP contribution in [0.4, 0.5) is 11.4 Å². The van der Waals surface area contributed by atoms with E-state index in [1.165, 1.54) is 12.1 Å². The van der Waals surface area contributed by atoms with E-state index in [2.05, 4.69) is 55.4 Å². The van der Waals surface area contributed by atoms with Crippen LogP contribution >= 0.6 is 0 Å². The standard InChI is InChI=1S/C25H35N3O2/c1-18(2)15-26-22-13-14-28(16-22)23-9-7-21(8-10-23)27-25(29)20-5-11-24(12-6-20)30-17-19(3)4/h5-12,18-19,22,26H,13-17H2,1-4H3,(H,27,29). The van der Waals surface area contributed by atoms with E-state index in [9.17, 15) is 4.79 Å². The van der Waals surface area contributed by atoms with Gasteiger partial charge < -0.3 is 20.3 Å². The zero-order valence-corrected chi connectivity index (χ0v) is 18.7. The lowest BCUT2D eigenvalue weighted by Crippen LogP contribution is -2.34. The summed E-state index contributed by atoms with van der Waals surface area (Å²) in [7, 11) is 0. The van der Waals surface area contributed by atoms with Gasteiger partial charge in [0.1, 0.15) is 5.75 Å². The third-order valence-electron chi connectivity index (χ3n) is 5.19. The summed E-state index contributed by atoms with van der Waals surface area (Å²) in [5.41, 5.74) is 2.63. The molecule has 2 aromatic rings. The fourth-order valence-electron chi connectivity index (χ4n) is 3.49. The minimum atomic E-state index is -0.114. The fourth-order valence-corrected chi connectivity index (χ4v) is 3.49. The van der Waals surface area contributed by atoms with E-state index in [1.54, 1.807) is 12.1 Å². The van der Waals surface area contributed by atoms with Gasteiger partial charge in [0.25, 0.3) is 5.91 Å². The van der Waals surface area contributed by atoms with Crippen LogP contribution in [0.3, 0.4) is 0 Å². The maximum absolute atomic E-state index is 12.5. The monoisotopic (exact) mass is 409 g/mol. The summed E-state index contributed by atoms with van der Waals surface area (Å²) in [6, 6.07) is 16.0. The number of nitrogens with zero attached hydrogens (tertiary/aromatic N) is 1. The predicted octanol–water partition coefficient (Wildman–Crippen LogP) is 4.80. The summed E-state index contributed by atoms with van der Waals surface area (Å²) in [6.07, 6.45) is 1.17. The molecule has 1 aliphatic heterocycles. The molecule has 1 saturated heterocycles. The Labute approximate surface area is 180 Å². The number of hydrogen-bond acceptors (Lipinski definition) is 4. The predicted molar refractivity (Wildman–Crippen MR) is 125 cm³/mol. The summed E-state index contributed by atoms with van der Waals surface area (Å²) in [4.78, 5) is 14.9. The molecule has 0 spiro atoms. The van der Waals surface area contributed by atoms with Crippen molar-refractivity contribution in [2.24, 2.45) is 11.8 Å². The molecule has 3 rings (SSSR count). The molecule has 2 N–H and O–H groups in total. The number of carbonyl (C=O) groups is 1. The van der Waals surface area contributed by atoms with Gasteiger partial charge in [-0.05, 0) is 73.3 Å². The van der Waals surface area contributed by atoms with Gasteiger partial charge in [-0.2, -0.15) is 0 Å². The second-order valence-electron chi connectivity index (χ2n) is 8.96. The molecule has 1 heterocycles. The van der Waals surface area contributed by atoms with Crippen LogP contribution in [0.25, 0.3) is 0 Å². The summed E-state index contributed by atoms with van der Waals surface area (Å²) >= 11 is 0. The highest BCUT2D eigenvalue weighted by atomic mass is 16.5. The topological polar surface area (TPSA) is 53.6 Å². The van der Waals surface area contributed by atoms with Crippen LogP contribution in [0.15, 0.2) is 48.5 Å². The molecule has 30 heavy (non-hydrogen) atoms. The van der Waals surface area contributed by atoms with Crippen LogP contribution in [0.5, 0.6) is 5.75 Å². The molecule has 0 bridgehead atoms. The van der Waals surface area contributed by atoms with Crippen LogP contribution < -0.4 is 20.3 Å². The highest BCUT2D eigenvalue weighted by molar-refractivity contribution is 6.04. The zero-order valence-electron chi connectivity index (χ0n) is 18.7. The van der Waals surface area contributed by atoms with Crippen molar-refractivity contribution < 1.29 is 9.53 Å². The molecule has 2 aromatic carbocycles. The quantitative estimate of drug-likeness (QED) is 0.625. The molecule has 1 aliphatic rings. The largest absolute Gasteiger partial charge is 0.493 e. The molecule has 0 saturated carbocycles. The minimum absolute atomic E-state index is 0.114. The number of nitrogens with one attached hydrogen (secondary N) is 2. The number of benzene rings is 2. The van der Waals surface area contributed by atoms with Crippen molar-refractivity contribution in [2.75, 3.05) is 36.5 Å². The molecule has 5 heteroatoms. The van der Waals surface area contributed by atoms with Gasteiger partial charge in [-0.25, -0.2) is 0 Å². The Balaban J connectivity index is 1.51. The van der Waals surface area contributed by atoms with Crippen LogP contribution in [0.1, 0.15) is 44.5 Å². The van der Waals surface area contributed by atoms with Crippen molar-refractivity contribution in [1.29, 1.82) is 0 Å². The van der Waals surface area contributed by atoms with Gasteiger partial charge in [-0.1, -0.05) is 27.7 Å². The lowest BCUT2D eigenvalue weighted by molar-refractivity contribution is 0.102. The Bertz CT molecular complexity index is 800. The lowest BCUT2D eigenvalue weighted by Gasteiger charge is -2.20. The normalized spacial score (nSPS) is 16.3. The van der Waals surface area contributed by atoms with E-state index in [0.717, 1.165) is 31.1 Å². The molecule has 1 amide bonds. The first-order valence-electron chi connectivity index (χ1n) is 11.0. The number of rotatable bonds is 9. The summed E-state index contributed by atoms with van der Waals surface area (Å²) < 4.78 is 5.68. The molecule has 1 atom stereocenters. The molecule has 0 radical (unpaired) electrons. The van der Waals surface area contributed by atoms with Gasteiger partial charge in [0.15, 0.2) is 0 Å². The van der Waals surface area contributed by atoms with Gasteiger partial charge in [0.05, 0.1) is 6.61 Å². The van der Waals surface area contributed by atoms with Crippen molar-refractivity contribution in [1.82, 2.24) is 5.32 Å². The number of amides is 1. The third kappa shape index (κ3) is 6.49. The van der Waals surface area contributed by atoms with Crippen LogP contribution in [-0.2, 0) is 0 Å². The van der Waals surface area contributed by atoms with E-state index < -0.39 is 0 Å². The van der Waals surface area contributed by atoms with Crippen LogP contribution in [-0.4, -0.2) is 38.2 Å². The van der Waals surface area contributed by atoms with Crippen molar-refractivity contribution in [3.05, 3.63) is 54.1 Å². The second kappa shape index (κ2) is 10.5. The molecule has 162 valence electrons. The van der Waals surface area contributed by atoms with Crippen molar-refractivity contribution >= 4 is 17.3 Å². The summed E-state index contributed by atoms with van der Waals surface area (Å²) in [5, 5.41) is 6.62. The van der Waals surface area contributed by atoms with Crippen molar-refractivity contribution in [2.45, 2.75) is 40.2 Å². The maximum Gasteiger partial charge on any atom is 0.255 e. The van der Waals surface area contributed by atoms with E-state index in [-0.39, 0.29) is 5.91 Å². The molecule has 0 aliphatic carbocycles. The van der Waals surface area contributed by atoms with Crippen LogP contribution in [0.2, 0.25) is 0 Å². The number of carbonyl (C=O) groups excluding carboxylic acids is 1. The first-order valence-corrected chi connectivity index (χ1v) is 11.0. The van der Waals surface area contributed by atoms with Gasteiger partial charge in [0.2, 0.25) is 0 Å². The first kappa shape index (κ1) is 22.2. The van der Waals surface area contributed by atoms with E-state index in [0.29, 0.717) is 30.0 Å². The highest BCUT2D eigenvalue weighted by Gasteiger charge is 2.22. The Morgan fingerprint density at radius 3 is 2.37 bits per heavy atom. The van der Waals surface area contributed by atoms with E-state index >= 15 is 0 Å². The minimum Gasteiger partial charge on any atom is -0.493 e. The Morgan fingerprint density at radius 1 is 1.03 bits per heavy atom. The molecule has 1 fully saturated rings. The zero-order chi connectivity index (χ0) is 21.5. The van der Waals surface area contributed by atoms with E-state index in [4.69, 9.17) is 4.74 Å². The average Bonchev–Trinajstić information content (AvgIpc) is 3.20. The van der Waals surface area contributed by atoms with Gasteiger partial charge in [0, 0.05) is 36.1 Å². The SMILES string of the molecule is CC(C)CNC1CCN(c2ccc(NC(=O)c3ccc(OCC(C)C)cc3)cc2)C1. The average molecular weight is 410 g/mol. The van der Waals surface area contributed by atoms with Gasteiger partial charge in [-0.15, -0.1) is 0 Å². The number of hydrogen-bond donors (Lipinski definition) is 2. The number of ether oxygens (including phenoxy) is 1. The second-order valence-corrected chi connectivity index (χ2v) is 8.96. The fraction of sp³-hybridized carbons (Fsp3) is 0.480. The lowest BCUT2D eigenvalue weighted by atomic mass is 10.2. The Morgan fingerprint density at radius 2 is 1.73 bits per heavy atom. The molecule has 0 aromatic heterocycles. The first-order chi connectivity index (χ1) is 14.4. The highest BCUT2D eigenvalue weighted by Crippen LogP contribution is 2.23. The van der Waals surface area contributed by atoms with Crippen LogP contribution in [0, 0.1) is 11.8 Å². The third-order valence-corrected chi connectivity index (χ3v) is 5.19. The summed E-state index contributed by atoms with van der Waals surface area (Å²) in [5.74, 6) is 1.82. The van der Waals surface area contributed by atoms with Crippen molar-refractivity contribution in [3.8, 4) is 5.75 Å². The van der Waals surface area contributed by atoms with Gasteiger partial charge in [-0.3, -0.25) is 4.79 Å². The number of anilines is 2. The molecular weight excluding hydrogens is 374 g/mol. The molecule has 5 nitrogen and oxygen atoms in total. The van der Waals surface area contributed by atoms with Crippen molar-refractivity contribution in [3.63, 3.8) is 0 Å². The molecular formula is C25H35N3O2. The Kier molecular flexibility index (Phi) is 7.75. The smallest absolute Gasteiger partial charge is 0.255 e. The molecule has 1 unspecified atom stereocenters.